The van der Waals surface area contributed by atoms with Crippen LogP contribution in [0.25, 0.3) is 0 Å². The quantitative estimate of drug-likeness (QED) is 0.484. The molecule has 0 heterocycles. The van der Waals surface area contributed by atoms with Crippen LogP contribution in [0.5, 0.6) is 0 Å². The number of aryl methyl sites for hydroxylation is 1. The maximum absolute atomic E-state index is 5.43. The molecule has 2 rings (SSSR count). The zero-order valence-electron chi connectivity index (χ0n) is 15.9. The summed E-state index contributed by atoms with van der Waals surface area (Å²) in [5.74, 6) is 0. The first kappa shape index (κ1) is 19.9. The molecule has 0 unspecified atom stereocenters. The van der Waals surface area contributed by atoms with Crippen molar-refractivity contribution in [2.75, 3.05) is 5.32 Å². The van der Waals surface area contributed by atoms with E-state index in [-0.39, 0.29) is 0 Å². The van der Waals surface area contributed by atoms with Gasteiger partial charge in [-0.05, 0) is 68.9 Å². The number of nitrogens with zero attached hydrogens (tertiary/aromatic N) is 1. The monoisotopic (exact) mass is 359 g/mol. The molecule has 138 valence electrons. The summed E-state index contributed by atoms with van der Waals surface area (Å²) in [4.78, 5) is 0. The average Bonchev–Trinajstić information content (AvgIpc) is 2.58. The highest BCUT2D eigenvalue weighted by atomic mass is 32.1. The number of thiocarbonyl (C=S) groups is 1. The molecular formula is C21H33N3S. The Morgan fingerprint density at radius 2 is 1.44 bits per heavy atom. The third kappa shape index (κ3) is 7.55. The SMILES string of the molecule is Cc1cccc(NC(=S)NN=C2CCCCCCCCCCC2)c1C. The maximum Gasteiger partial charge on any atom is 0.191 e. The van der Waals surface area contributed by atoms with Crippen LogP contribution >= 0.6 is 12.2 Å². The molecular weight excluding hydrogens is 326 g/mol. The average molecular weight is 360 g/mol. The smallest absolute Gasteiger partial charge is 0.191 e. The van der Waals surface area contributed by atoms with Crippen LogP contribution in [0.1, 0.15) is 81.8 Å². The molecule has 2 N–H and O–H groups in total. The summed E-state index contributed by atoms with van der Waals surface area (Å²) in [6.07, 6.45) is 14.3. The molecule has 1 aliphatic rings. The van der Waals surface area contributed by atoms with Gasteiger partial charge in [0.25, 0.3) is 0 Å². The van der Waals surface area contributed by atoms with E-state index in [1.165, 1.54) is 74.6 Å². The predicted octanol–water partition coefficient (Wildman–Crippen LogP) is 6.25. The Kier molecular flexibility index (Phi) is 8.95. The van der Waals surface area contributed by atoms with Crippen molar-refractivity contribution in [3.63, 3.8) is 0 Å². The zero-order valence-corrected chi connectivity index (χ0v) is 16.7. The molecule has 25 heavy (non-hydrogen) atoms. The molecule has 1 aromatic rings. The van der Waals surface area contributed by atoms with Gasteiger partial charge in [0.2, 0.25) is 0 Å². The Balaban J connectivity index is 1.87. The molecule has 4 heteroatoms. The molecule has 1 aliphatic carbocycles. The van der Waals surface area contributed by atoms with Crippen molar-refractivity contribution in [1.29, 1.82) is 0 Å². The Labute approximate surface area is 158 Å². The molecule has 0 amide bonds. The highest BCUT2D eigenvalue weighted by Crippen LogP contribution is 2.18. The van der Waals surface area contributed by atoms with Crippen LogP contribution in [-0.2, 0) is 0 Å². The van der Waals surface area contributed by atoms with Gasteiger partial charge >= 0.3 is 0 Å². The highest BCUT2D eigenvalue weighted by molar-refractivity contribution is 7.80. The van der Waals surface area contributed by atoms with Crippen LogP contribution < -0.4 is 10.7 Å². The standard InChI is InChI=1S/C21H33N3S/c1-17-13-12-16-20(18(17)2)22-21(25)24-23-19-14-10-8-6-4-3-5-7-9-11-15-19/h12-13,16H,3-11,14-15H2,1-2H3,(H2,22,24,25). The summed E-state index contributed by atoms with van der Waals surface area (Å²) in [6.45, 7) is 4.22. The van der Waals surface area contributed by atoms with E-state index in [0.717, 1.165) is 18.5 Å². The van der Waals surface area contributed by atoms with Crippen LogP contribution in [-0.4, -0.2) is 10.8 Å². The Hall–Kier alpha value is -1.42. The minimum Gasteiger partial charge on any atom is -0.331 e. The third-order valence-electron chi connectivity index (χ3n) is 5.10. The lowest BCUT2D eigenvalue weighted by Crippen LogP contribution is -2.25. The van der Waals surface area contributed by atoms with Crippen LogP contribution in [0.4, 0.5) is 5.69 Å². The lowest BCUT2D eigenvalue weighted by molar-refractivity contribution is 0.555. The van der Waals surface area contributed by atoms with E-state index < -0.39 is 0 Å². The molecule has 0 bridgehead atoms. The number of nitrogens with one attached hydrogen (secondary N) is 2. The van der Waals surface area contributed by atoms with Gasteiger partial charge in [-0.15, -0.1) is 0 Å². The van der Waals surface area contributed by atoms with Gasteiger partial charge in [0.1, 0.15) is 0 Å². The van der Waals surface area contributed by atoms with E-state index in [1.807, 2.05) is 6.07 Å². The normalized spacial score (nSPS) is 17.1. The molecule has 0 aromatic heterocycles. The summed E-state index contributed by atoms with van der Waals surface area (Å²) in [6, 6.07) is 6.22. The first-order valence-electron chi connectivity index (χ1n) is 9.85. The molecule has 1 saturated carbocycles. The van der Waals surface area contributed by atoms with Gasteiger partial charge in [-0.25, -0.2) is 0 Å². The third-order valence-corrected chi connectivity index (χ3v) is 5.29. The summed E-state index contributed by atoms with van der Waals surface area (Å²) in [7, 11) is 0. The van der Waals surface area contributed by atoms with Crippen molar-refractivity contribution in [1.82, 2.24) is 5.43 Å². The molecule has 0 aliphatic heterocycles. The van der Waals surface area contributed by atoms with Crippen molar-refractivity contribution in [2.45, 2.75) is 84.5 Å². The first-order valence-corrected chi connectivity index (χ1v) is 10.3. The lowest BCUT2D eigenvalue weighted by Gasteiger charge is -2.13. The van der Waals surface area contributed by atoms with Crippen LogP contribution in [0, 0.1) is 13.8 Å². The molecule has 3 nitrogen and oxygen atoms in total. The number of hydrogen-bond donors (Lipinski definition) is 2. The number of anilines is 1. The number of hydrazone groups is 1. The summed E-state index contributed by atoms with van der Waals surface area (Å²) < 4.78 is 0. The molecule has 1 fully saturated rings. The Morgan fingerprint density at radius 3 is 2.04 bits per heavy atom. The van der Waals surface area contributed by atoms with E-state index >= 15 is 0 Å². The van der Waals surface area contributed by atoms with E-state index in [0.29, 0.717) is 5.11 Å². The van der Waals surface area contributed by atoms with Gasteiger partial charge in [-0.1, -0.05) is 57.1 Å². The molecule has 0 saturated heterocycles. The zero-order chi connectivity index (χ0) is 17.9. The van der Waals surface area contributed by atoms with Crippen molar-refractivity contribution in [3.05, 3.63) is 29.3 Å². The summed E-state index contributed by atoms with van der Waals surface area (Å²) in [5, 5.41) is 8.47. The second-order valence-corrected chi connectivity index (χ2v) is 7.58. The molecule has 1 aromatic carbocycles. The number of benzene rings is 1. The minimum atomic E-state index is 0.576. The van der Waals surface area contributed by atoms with E-state index in [9.17, 15) is 0 Å². The maximum atomic E-state index is 5.43. The van der Waals surface area contributed by atoms with Crippen LogP contribution in [0.2, 0.25) is 0 Å². The Bertz CT molecular complexity index is 567. The van der Waals surface area contributed by atoms with Crippen LogP contribution in [0.15, 0.2) is 23.3 Å². The van der Waals surface area contributed by atoms with Crippen LogP contribution in [0.3, 0.4) is 0 Å². The largest absolute Gasteiger partial charge is 0.331 e. The van der Waals surface area contributed by atoms with Crippen molar-refractivity contribution < 1.29 is 0 Å². The van der Waals surface area contributed by atoms with Gasteiger partial charge in [-0.3, -0.25) is 5.43 Å². The fourth-order valence-electron chi connectivity index (χ4n) is 3.30. The molecule has 0 atom stereocenters. The van der Waals surface area contributed by atoms with Crippen molar-refractivity contribution >= 4 is 28.7 Å². The van der Waals surface area contributed by atoms with Gasteiger partial charge in [-0.2, -0.15) is 5.10 Å². The topological polar surface area (TPSA) is 36.4 Å². The second kappa shape index (κ2) is 11.2. The lowest BCUT2D eigenvalue weighted by atomic mass is 10.00. The van der Waals surface area contributed by atoms with E-state index in [1.54, 1.807) is 0 Å². The fraction of sp³-hybridized carbons (Fsp3) is 0.619. The Morgan fingerprint density at radius 1 is 0.880 bits per heavy atom. The number of rotatable bonds is 2. The van der Waals surface area contributed by atoms with Gasteiger partial charge < -0.3 is 5.32 Å². The van der Waals surface area contributed by atoms with E-state index in [4.69, 9.17) is 12.2 Å². The molecule has 0 spiro atoms. The first-order chi connectivity index (χ1) is 12.2. The van der Waals surface area contributed by atoms with Crippen molar-refractivity contribution in [2.24, 2.45) is 5.10 Å². The number of hydrogen-bond acceptors (Lipinski definition) is 2. The van der Waals surface area contributed by atoms with Gasteiger partial charge in [0.15, 0.2) is 5.11 Å². The molecule has 0 radical (unpaired) electrons. The highest BCUT2D eigenvalue weighted by Gasteiger charge is 2.05. The minimum absolute atomic E-state index is 0.576. The van der Waals surface area contributed by atoms with E-state index in [2.05, 4.69) is 41.8 Å². The van der Waals surface area contributed by atoms with Gasteiger partial charge in [0.05, 0.1) is 0 Å². The second-order valence-electron chi connectivity index (χ2n) is 7.17. The summed E-state index contributed by atoms with van der Waals surface area (Å²) in [5.41, 5.74) is 7.88. The fourth-order valence-corrected chi connectivity index (χ4v) is 3.45. The van der Waals surface area contributed by atoms with Crippen molar-refractivity contribution in [3.8, 4) is 0 Å². The van der Waals surface area contributed by atoms with Gasteiger partial charge in [0, 0.05) is 11.4 Å². The summed E-state index contributed by atoms with van der Waals surface area (Å²) >= 11 is 5.43. The predicted molar refractivity (Wildman–Crippen MR) is 113 cm³/mol.